The van der Waals surface area contributed by atoms with Crippen LogP contribution in [0.2, 0.25) is 0 Å². The largest absolute Gasteiger partial charge is 0.397 e. The van der Waals surface area contributed by atoms with Gasteiger partial charge in [-0.1, -0.05) is 13.3 Å². The van der Waals surface area contributed by atoms with Gasteiger partial charge in [-0.25, -0.2) is 0 Å². The first-order valence-corrected chi connectivity index (χ1v) is 4.81. The standard InChI is InChI=1S/C11H15N3/c1-2-3-6-14-11-7-9(8-12)4-5-10(11)13/h4-5,7,14H,2-3,6,13H2,1H3. The summed E-state index contributed by atoms with van der Waals surface area (Å²) in [5.74, 6) is 0. The van der Waals surface area contributed by atoms with Crippen LogP contribution in [-0.4, -0.2) is 6.54 Å². The molecule has 1 rings (SSSR count). The molecule has 0 saturated carbocycles. The number of hydrogen-bond acceptors (Lipinski definition) is 3. The van der Waals surface area contributed by atoms with Gasteiger partial charge in [-0.15, -0.1) is 0 Å². The van der Waals surface area contributed by atoms with Crippen molar-refractivity contribution in [2.24, 2.45) is 0 Å². The minimum absolute atomic E-state index is 0.637. The van der Waals surface area contributed by atoms with Crippen LogP contribution in [0.25, 0.3) is 0 Å². The maximum absolute atomic E-state index is 8.71. The summed E-state index contributed by atoms with van der Waals surface area (Å²) in [5, 5.41) is 11.9. The van der Waals surface area contributed by atoms with Crippen LogP contribution >= 0.6 is 0 Å². The molecule has 0 radical (unpaired) electrons. The third-order valence-electron chi connectivity index (χ3n) is 2.03. The van der Waals surface area contributed by atoms with Crippen LogP contribution in [0.1, 0.15) is 25.3 Å². The molecule has 0 spiro atoms. The number of hydrogen-bond donors (Lipinski definition) is 2. The molecule has 0 fully saturated rings. The molecule has 1 aromatic carbocycles. The number of nitrogens with two attached hydrogens (primary N) is 1. The quantitative estimate of drug-likeness (QED) is 0.564. The van der Waals surface area contributed by atoms with Gasteiger partial charge in [-0.2, -0.15) is 5.26 Å². The number of benzene rings is 1. The molecule has 0 aliphatic rings. The van der Waals surface area contributed by atoms with Crippen molar-refractivity contribution < 1.29 is 0 Å². The zero-order chi connectivity index (χ0) is 10.4. The van der Waals surface area contributed by atoms with Gasteiger partial charge in [-0.3, -0.25) is 0 Å². The van der Waals surface area contributed by atoms with Crippen molar-refractivity contribution >= 4 is 11.4 Å². The molecule has 0 heterocycles. The Kier molecular flexibility index (Phi) is 3.81. The monoisotopic (exact) mass is 189 g/mol. The lowest BCUT2D eigenvalue weighted by Gasteiger charge is -2.08. The Morgan fingerprint density at radius 3 is 2.93 bits per heavy atom. The Bertz CT molecular complexity index is 339. The van der Waals surface area contributed by atoms with Crippen LogP contribution in [0, 0.1) is 11.3 Å². The van der Waals surface area contributed by atoms with Gasteiger partial charge in [0.15, 0.2) is 0 Å². The number of rotatable bonds is 4. The van der Waals surface area contributed by atoms with E-state index in [9.17, 15) is 0 Å². The molecular formula is C11H15N3. The summed E-state index contributed by atoms with van der Waals surface area (Å²) in [6.45, 7) is 3.03. The van der Waals surface area contributed by atoms with E-state index < -0.39 is 0 Å². The van der Waals surface area contributed by atoms with Crippen molar-refractivity contribution in [2.75, 3.05) is 17.6 Å². The average molecular weight is 189 g/mol. The Morgan fingerprint density at radius 2 is 2.29 bits per heavy atom. The first-order chi connectivity index (χ1) is 6.77. The van der Waals surface area contributed by atoms with Gasteiger partial charge < -0.3 is 11.1 Å². The van der Waals surface area contributed by atoms with Crippen LogP contribution in [-0.2, 0) is 0 Å². The number of nitrogen functional groups attached to an aromatic ring is 1. The smallest absolute Gasteiger partial charge is 0.0992 e. The fourth-order valence-electron chi connectivity index (χ4n) is 1.18. The number of anilines is 2. The van der Waals surface area contributed by atoms with E-state index in [0.717, 1.165) is 25.1 Å². The fourth-order valence-corrected chi connectivity index (χ4v) is 1.18. The van der Waals surface area contributed by atoms with Gasteiger partial charge in [0.05, 0.1) is 23.0 Å². The highest BCUT2D eigenvalue weighted by Gasteiger charge is 1.99. The molecule has 0 aliphatic heterocycles. The average Bonchev–Trinajstić information content (AvgIpc) is 2.21. The van der Waals surface area contributed by atoms with Crippen LogP contribution in [0.15, 0.2) is 18.2 Å². The minimum Gasteiger partial charge on any atom is -0.397 e. The van der Waals surface area contributed by atoms with E-state index in [2.05, 4.69) is 18.3 Å². The number of unbranched alkanes of at least 4 members (excludes halogenated alkanes) is 1. The highest BCUT2D eigenvalue weighted by molar-refractivity contribution is 5.68. The summed E-state index contributed by atoms with van der Waals surface area (Å²) < 4.78 is 0. The van der Waals surface area contributed by atoms with Gasteiger partial charge in [0, 0.05) is 6.54 Å². The first-order valence-electron chi connectivity index (χ1n) is 4.81. The minimum atomic E-state index is 0.637. The fraction of sp³-hybridized carbons (Fsp3) is 0.364. The highest BCUT2D eigenvalue weighted by atomic mass is 14.9. The molecule has 1 aromatic rings. The maximum Gasteiger partial charge on any atom is 0.0992 e. The van der Waals surface area contributed by atoms with Crippen molar-refractivity contribution in [1.82, 2.24) is 0 Å². The van der Waals surface area contributed by atoms with Crippen LogP contribution in [0.4, 0.5) is 11.4 Å². The lowest BCUT2D eigenvalue weighted by atomic mass is 10.2. The zero-order valence-electron chi connectivity index (χ0n) is 8.38. The van der Waals surface area contributed by atoms with Crippen LogP contribution in [0.5, 0.6) is 0 Å². The molecule has 0 aromatic heterocycles. The summed E-state index contributed by atoms with van der Waals surface area (Å²) >= 11 is 0. The molecule has 14 heavy (non-hydrogen) atoms. The molecule has 0 saturated heterocycles. The summed E-state index contributed by atoms with van der Waals surface area (Å²) in [4.78, 5) is 0. The predicted molar refractivity (Wildman–Crippen MR) is 59.0 cm³/mol. The van der Waals surface area contributed by atoms with E-state index >= 15 is 0 Å². The zero-order valence-corrected chi connectivity index (χ0v) is 8.38. The molecule has 0 aliphatic carbocycles. The van der Waals surface area contributed by atoms with E-state index in [1.165, 1.54) is 0 Å². The maximum atomic E-state index is 8.71. The van der Waals surface area contributed by atoms with Gasteiger partial charge >= 0.3 is 0 Å². The number of nitriles is 1. The van der Waals surface area contributed by atoms with Crippen LogP contribution < -0.4 is 11.1 Å². The molecule has 0 atom stereocenters. The van der Waals surface area contributed by atoms with E-state index in [0.29, 0.717) is 11.3 Å². The van der Waals surface area contributed by atoms with Gasteiger partial charge in [-0.05, 0) is 24.6 Å². The topological polar surface area (TPSA) is 61.8 Å². The Balaban J connectivity index is 2.70. The second-order valence-corrected chi connectivity index (χ2v) is 3.19. The second-order valence-electron chi connectivity index (χ2n) is 3.19. The van der Waals surface area contributed by atoms with Crippen molar-refractivity contribution in [3.63, 3.8) is 0 Å². The van der Waals surface area contributed by atoms with E-state index in [1.54, 1.807) is 18.2 Å². The summed E-state index contributed by atoms with van der Waals surface area (Å²) in [6, 6.07) is 7.35. The molecule has 3 nitrogen and oxygen atoms in total. The summed E-state index contributed by atoms with van der Waals surface area (Å²) in [5.41, 5.74) is 7.95. The Hall–Kier alpha value is -1.69. The lowest BCUT2D eigenvalue weighted by molar-refractivity contribution is 0.834. The predicted octanol–water partition coefficient (Wildman–Crippen LogP) is 2.35. The van der Waals surface area contributed by atoms with Gasteiger partial charge in [0.1, 0.15) is 0 Å². The van der Waals surface area contributed by atoms with E-state index in [4.69, 9.17) is 11.0 Å². The summed E-state index contributed by atoms with van der Waals surface area (Å²) in [6.07, 6.45) is 2.25. The van der Waals surface area contributed by atoms with Crippen molar-refractivity contribution in [2.45, 2.75) is 19.8 Å². The van der Waals surface area contributed by atoms with Gasteiger partial charge in [0.2, 0.25) is 0 Å². The SMILES string of the molecule is CCCCNc1cc(C#N)ccc1N. The molecule has 0 bridgehead atoms. The van der Waals surface area contributed by atoms with Crippen LogP contribution in [0.3, 0.4) is 0 Å². The third kappa shape index (κ3) is 2.67. The second kappa shape index (κ2) is 5.13. The molecule has 3 heteroatoms. The van der Waals surface area contributed by atoms with Crippen molar-refractivity contribution in [1.29, 1.82) is 5.26 Å². The first kappa shape index (κ1) is 10.4. The van der Waals surface area contributed by atoms with Crippen molar-refractivity contribution in [3.8, 4) is 6.07 Å². The molecule has 0 amide bonds. The normalized spacial score (nSPS) is 9.43. The highest BCUT2D eigenvalue weighted by Crippen LogP contribution is 2.19. The summed E-state index contributed by atoms with van der Waals surface area (Å²) in [7, 11) is 0. The Morgan fingerprint density at radius 1 is 1.50 bits per heavy atom. The molecule has 0 unspecified atom stereocenters. The number of nitrogens with zero attached hydrogens (tertiary/aromatic N) is 1. The van der Waals surface area contributed by atoms with E-state index in [-0.39, 0.29) is 0 Å². The van der Waals surface area contributed by atoms with E-state index in [1.807, 2.05) is 0 Å². The van der Waals surface area contributed by atoms with Crippen molar-refractivity contribution in [3.05, 3.63) is 23.8 Å². The number of nitrogens with one attached hydrogen (secondary N) is 1. The van der Waals surface area contributed by atoms with Gasteiger partial charge in [0.25, 0.3) is 0 Å². The molecule has 3 N–H and O–H groups in total. The molecular weight excluding hydrogens is 174 g/mol. The Labute approximate surface area is 84.5 Å². The lowest BCUT2D eigenvalue weighted by Crippen LogP contribution is -2.03. The molecule has 74 valence electrons. The third-order valence-corrected chi connectivity index (χ3v) is 2.03.